The zero-order valence-corrected chi connectivity index (χ0v) is 13.7. The lowest BCUT2D eigenvalue weighted by atomic mass is 10.1. The van der Waals surface area contributed by atoms with Crippen molar-refractivity contribution in [2.45, 2.75) is 58.6 Å². The maximum atomic E-state index is 12.1. The maximum Gasteiger partial charge on any atom is 0.408 e. The van der Waals surface area contributed by atoms with Crippen LogP contribution in [0.5, 0.6) is 0 Å². The van der Waals surface area contributed by atoms with E-state index in [0.717, 1.165) is 25.9 Å². The topological polar surface area (TPSA) is 70.7 Å². The van der Waals surface area contributed by atoms with E-state index in [1.54, 1.807) is 20.8 Å². The Hall–Kier alpha value is -1.30. The average Bonchev–Trinajstić information content (AvgIpc) is 2.37. The molecule has 0 aliphatic carbocycles. The van der Waals surface area contributed by atoms with Crippen molar-refractivity contribution < 1.29 is 14.3 Å². The predicted molar refractivity (Wildman–Crippen MR) is 82.1 cm³/mol. The summed E-state index contributed by atoms with van der Waals surface area (Å²) in [5.41, 5.74) is -0.568. The summed E-state index contributed by atoms with van der Waals surface area (Å²) >= 11 is 0. The molecule has 1 saturated heterocycles. The van der Waals surface area contributed by atoms with Gasteiger partial charge in [0.1, 0.15) is 11.6 Å². The Morgan fingerprint density at radius 3 is 2.33 bits per heavy atom. The molecule has 122 valence electrons. The van der Waals surface area contributed by atoms with Gasteiger partial charge in [-0.15, -0.1) is 0 Å². The van der Waals surface area contributed by atoms with Crippen LogP contribution in [-0.4, -0.2) is 54.7 Å². The SMILES string of the molecule is CCNC(=O)[C@H](CN1CCCCC1)NC(=O)OC(C)(C)C. The Bertz CT molecular complexity index is 347. The molecule has 6 nitrogen and oxygen atoms in total. The summed E-state index contributed by atoms with van der Waals surface area (Å²) in [5, 5.41) is 5.46. The van der Waals surface area contributed by atoms with Crippen LogP contribution in [0, 0.1) is 0 Å². The van der Waals surface area contributed by atoms with Gasteiger partial charge in [0, 0.05) is 13.1 Å². The van der Waals surface area contributed by atoms with Crippen LogP contribution in [0.15, 0.2) is 0 Å². The number of hydrogen-bond acceptors (Lipinski definition) is 4. The molecular weight excluding hydrogens is 270 g/mol. The molecule has 2 amide bonds. The highest BCUT2D eigenvalue weighted by atomic mass is 16.6. The molecule has 1 aliphatic heterocycles. The van der Waals surface area contributed by atoms with Crippen LogP contribution in [0.4, 0.5) is 4.79 Å². The van der Waals surface area contributed by atoms with Crippen LogP contribution in [0.1, 0.15) is 47.0 Å². The maximum absolute atomic E-state index is 12.1. The first-order valence-electron chi connectivity index (χ1n) is 7.81. The van der Waals surface area contributed by atoms with Crippen molar-refractivity contribution in [3.05, 3.63) is 0 Å². The fourth-order valence-corrected chi connectivity index (χ4v) is 2.34. The second-order valence-corrected chi connectivity index (χ2v) is 6.45. The molecule has 21 heavy (non-hydrogen) atoms. The highest BCUT2D eigenvalue weighted by Gasteiger charge is 2.26. The Labute approximate surface area is 127 Å². The molecule has 0 spiro atoms. The largest absolute Gasteiger partial charge is 0.444 e. The minimum absolute atomic E-state index is 0.158. The summed E-state index contributed by atoms with van der Waals surface area (Å²) in [7, 11) is 0. The van der Waals surface area contributed by atoms with Gasteiger partial charge in [-0.1, -0.05) is 6.42 Å². The third-order valence-corrected chi connectivity index (χ3v) is 3.25. The molecule has 1 aliphatic rings. The number of alkyl carbamates (subject to hydrolysis) is 1. The average molecular weight is 299 g/mol. The van der Waals surface area contributed by atoms with E-state index in [0.29, 0.717) is 13.1 Å². The van der Waals surface area contributed by atoms with Gasteiger partial charge < -0.3 is 20.3 Å². The Morgan fingerprint density at radius 2 is 1.81 bits per heavy atom. The van der Waals surface area contributed by atoms with Gasteiger partial charge in [0.15, 0.2) is 0 Å². The molecule has 1 fully saturated rings. The second kappa shape index (κ2) is 8.22. The second-order valence-electron chi connectivity index (χ2n) is 6.45. The molecule has 0 aromatic rings. The lowest BCUT2D eigenvalue weighted by molar-refractivity contribution is -0.123. The van der Waals surface area contributed by atoms with Gasteiger partial charge in [0.25, 0.3) is 0 Å². The molecule has 2 N–H and O–H groups in total. The van der Waals surface area contributed by atoms with Crippen LogP contribution in [-0.2, 0) is 9.53 Å². The van der Waals surface area contributed by atoms with Gasteiger partial charge in [-0.3, -0.25) is 4.79 Å². The first-order chi connectivity index (χ1) is 9.81. The van der Waals surface area contributed by atoms with Crippen molar-refractivity contribution >= 4 is 12.0 Å². The summed E-state index contributed by atoms with van der Waals surface area (Å²) in [5.74, 6) is -0.158. The van der Waals surface area contributed by atoms with Gasteiger partial charge in [0.2, 0.25) is 5.91 Å². The number of hydrogen-bond donors (Lipinski definition) is 2. The minimum atomic E-state index is -0.571. The van der Waals surface area contributed by atoms with E-state index >= 15 is 0 Å². The molecule has 0 unspecified atom stereocenters. The number of piperidine rings is 1. The van der Waals surface area contributed by atoms with Gasteiger partial charge in [-0.2, -0.15) is 0 Å². The van der Waals surface area contributed by atoms with Crippen LogP contribution in [0.3, 0.4) is 0 Å². The van der Waals surface area contributed by atoms with Gasteiger partial charge in [0.05, 0.1) is 0 Å². The van der Waals surface area contributed by atoms with Crippen LogP contribution in [0.2, 0.25) is 0 Å². The Kier molecular flexibility index (Phi) is 6.95. The third-order valence-electron chi connectivity index (χ3n) is 3.25. The van der Waals surface area contributed by atoms with Crippen molar-refractivity contribution in [1.29, 1.82) is 0 Å². The molecule has 0 aromatic heterocycles. The van der Waals surface area contributed by atoms with E-state index in [1.807, 2.05) is 6.92 Å². The molecule has 1 atom stereocenters. The molecule has 1 rings (SSSR count). The summed E-state index contributed by atoms with van der Waals surface area (Å²) < 4.78 is 5.24. The third kappa shape index (κ3) is 7.32. The molecule has 0 saturated carbocycles. The van der Waals surface area contributed by atoms with E-state index in [2.05, 4.69) is 15.5 Å². The van der Waals surface area contributed by atoms with E-state index in [-0.39, 0.29) is 5.91 Å². The lowest BCUT2D eigenvalue weighted by Crippen LogP contribution is -2.54. The predicted octanol–water partition coefficient (Wildman–Crippen LogP) is 1.50. The molecule has 6 heteroatoms. The summed E-state index contributed by atoms with van der Waals surface area (Å²) in [6.07, 6.45) is 2.99. The van der Waals surface area contributed by atoms with E-state index in [1.165, 1.54) is 6.42 Å². The fraction of sp³-hybridized carbons (Fsp3) is 0.867. The normalized spacial score (nSPS) is 17.9. The van der Waals surface area contributed by atoms with E-state index in [9.17, 15) is 9.59 Å². The van der Waals surface area contributed by atoms with Crippen molar-refractivity contribution in [2.24, 2.45) is 0 Å². The van der Waals surface area contributed by atoms with Crippen LogP contribution in [0.25, 0.3) is 0 Å². The number of amides is 2. The minimum Gasteiger partial charge on any atom is -0.444 e. The van der Waals surface area contributed by atoms with Gasteiger partial charge in [-0.05, 0) is 53.6 Å². The number of nitrogens with zero attached hydrogens (tertiary/aromatic N) is 1. The van der Waals surface area contributed by atoms with Crippen LogP contribution < -0.4 is 10.6 Å². The van der Waals surface area contributed by atoms with Crippen LogP contribution >= 0.6 is 0 Å². The smallest absolute Gasteiger partial charge is 0.408 e. The quantitative estimate of drug-likeness (QED) is 0.807. The van der Waals surface area contributed by atoms with Crippen molar-refractivity contribution in [3.63, 3.8) is 0 Å². The van der Waals surface area contributed by atoms with Gasteiger partial charge >= 0.3 is 6.09 Å². The number of likely N-dealkylation sites (tertiary alicyclic amines) is 1. The zero-order valence-electron chi connectivity index (χ0n) is 13.7. The number of likely N-dealkylation sites (N-methyl/N-ethyl adjacent to an activating group) is 1. The van der Waals surface area contributed by atoms with Gasteiger partial charge in [-0.25, -0.2) is 4.79 Å². The summed E-state index contributed by atoms with van der Waals surface area (Å²) in [6, 6.07) is -0.571. The molecule has 0 radical (unpaired) electrons. The fourth-order valence-electron chi connectivity index (χ4n) is 2.34. The monoisotopic (exact) mass is 299 g/mol. The lowest BCUT2D eigenvalue weighted by Gasteiger charge is -2.30. The molecule has 0 aromatic carbocycles. The molecular formula is C15H29N3O3. The van der Waals surface area contributed by atoms with E-state index < -0.39 is 17.7 Å². The number of rotatable bonds is 5. The number of ether oxygens (including phenoxy) is 1. The first-order valence-corrected chi connectivity index (χ1v) is 7.81. The van der Waals surface area contributed by atoms with Crippen molar-refractivity contribution in [1.82, 2.24) is 15.5 Å². The number of carbonyl (C=O) groups excluding carboxylic acids is 2. The highest BCUT2D eigenvalue weighted by molar-refractivity contribution is 5.85. The molecule has 0 bridgehead atoms. The standard InChI is InChI=1S/C15H29N3O3/c1-5-16-13(19)12(11-18-9-7-6-8-10-18)17-14(20)21-15(2,3)4/h12H,5-11H2,1-4H3,(H,16,19)(H,17,20)/t12-/m0/s1. The van der Waals surface area contributed by atoms with E-state index in [4.69, 9.17) is 4.74 Å². The highest BCUT2D eigenvalue weighted by Crippen LogP contribution is 2.10. The number of nitrogens with one attached hydrogen (secondary N) is 2. The number of carbonyl (C=O) groups is 2. The van der Waals surface area contributed by atoms with Crippen molar-refractivity contribution in [2.75, 3.05) is 26.2 Å². The summed E-state index contributed by atoms with van der Waals surface area (Å²) in [4.78, 5) is 26.2. The van der Waals surface area contributed by atoms with Crippen molar-refractivity contribution in [3.8, 4) is 0 Å². The first kappa shape index (κ1) is 17.8. The molecule has 1 heterocycles. The summed E-state index contributed by atoms with van der Waals surface area (Å²) in [6.45, 7) is 10.3. The Balaban J connectivity index is 2.58. The Morgan fingerprint density at radius 1 is 1.19 bits per heavy atom. The zero-order chi connectivity index (χ0) is 15.9.